The van der Waals surface area contributed by atoms with Crippen LogP contribution in [0.2, 0.25) is 0 Å². The van der Waals surface area contributed by atoms with Gasteiger partial charge in [-0.05, 0) is 34.4 Å². The van der Waals surface area contributed by atoms with E-state index in [1.807, 2.05) is 48.5 Å². The Balaban J connectivity index is 1.39. The van der Waals surface area contributed by atoms with Gasteiger partial charge in [0, 0.05) is 5.92 Å². The predicted octanol–water partition coefficient (Wildman–Crippen LogP) is 4.07. The van der Waals surface area contributed by atoms with Crippen LogP contribution in [-0.4, -0.2) is 43.5 Å². The minimum Gasteiger partial charge on any atom is -0.493 e. The molecule has 4 rings (SSSR count). The van der Waals surface area contributed by atoms with E-state index in [-0.39, 0.29) is 19.1 Å². The lowest BCUT2D eigenvalue weighted by Gasteiger charge is -2.18. The quantitative estimate of drug-likeness (QED) is 0.556. The molecule has 0 aromatic heterocycles. The number of ether oxygens (including phenoxy) is 3. The van der Waals surface area contributed by atoms with Gasteiger partial charge in [0.05, 0.1) is 7.11 Å². The molecule has 3 aromatic rings. The number of carbonyl (C=O) groups is 2. The maximum absolute atomic E-state index is 12.4. The third-order valence-electron chi connectivity index (χ3n) is 5.41. The number of amides is 1. The average molecular weight is 433 g/mol. The van der Waals surface area contributed by atoms with Crippen molar-refractivity contribution >= 4 is 12.1 Å². The van der Waals surface area contributed by atoms with Gasteiger partial charge in [-0.3, -0.25) is 0 Å². The summed E-state index contributed by atoms with van der Waals surface area (Å²) in [5, 5.41) is 11.9. The third-order valence-corrected chi connectivity index (χ3v) is 5.41. The van der Waals surface area contributed by atoms with Crippen molar-refractivity contribution in [3.05, 3.63) is 83.9 Å². The van der Waals surface area contributed by atoms with Gasteiger partial charge in [0.25, 0.3) is 0 Å². The van der Waals surface area contributed by atoms with Crippen molar-refractivity contribution in [2.24, 2.45) is 0 Å². The number of hydrogen-bond donors (Lipinski definition) is 2. The van der Waals surface area contributed by atoms with Crippen molar-refractivity contribution in [2.45, 2.75) is 12.0 Å². The molecule has 1 amide bonds. The Hall–Kier alpha value is -4.00. The number of methoxy groups -OCH3 is 1. The first kappa shape index (κ1) is 21.2. The van der Waals surface area contributed by atoms with Crippen LogP contribution in [0.25, 0.3) is 11.1 Å². The zero-order valence-corrected chi connectivity index (χ0v) is 17.5. The minimum absolute atomic E-state index is 0.0968. The second kappa shape index (κ2) is 9.43. The molecular formula is C25H23NO6. The van der Waals surface area contributed by atoms with Crippen LogP contribution in [0.3, 0.4) is 0 Å². The molecule has 1 atom stereocenters. The number of carboxylic acids is 1. The molecule has 7 nitrogen and oxygen atoms in total. The fraction of sp³-hybridized carbons (Fsp3) is 0.200. The summed E-state index contributed by atoms with van der Waals surface area (Å²) in [6.07, 6.45) is -0.817. The number of benzene rings is 3. The van der Waals surface area contributed by atoms with Crippen LogP contribution in [0.5, 0.6) is 11.5 Å². The summed E-state index contributed by atoms with van der Waals surface area (Å²) in [5.41, 5.74) is 4.39. The number of hydrogen-bond acceptors (Lipinski definition) is 5. The lowest BCUT2D eigenvalue weighted by Crippen LogP contribution is -2.45. The van der Waals surface area contributed by atoms with Crippen molar-refractivity contribution in [1.29, 1.82) is 0 Å². The second-order valence-electron chi connectivity index (χ2n) is 7.32. The Kier molecular flexibility index (Phi) is 6.26. The van der Waals surface area contributed by atoms with Crippen LogP contribution in [0, 0.1) is 0 Å². The Morgan fingerprint density at radius 3 is 2.06 bits per heavy atom. The van der Waals surface area contributed by atoms with E-state index in [0.717, 1.165) is 22.3 Å². The molecule has 0 spiro atoms. The van der Waals surface area contributed by atoms with Crippen molar-refractivity contribution in [2.75, 3.05) is 20.3 Å². The smallest absolute Gasteiger partial charge is 0.407 e. The van der Waals surface area contributed by atoms with E-state index in [4.69, 9.17) is 14.2 Å². The Labute approximate surface area is 185 Å². The molecule has 164 valence electrons. The molecule has 1 aliphatic rings. The number of nitrogens with one attached hydrogen (secondary N) is 1. The van der Waals surface area contributed by atoms with Gasteiger partial charge in [0.15, 0.2) is 17.5 Å². The van der Waals surface area contributed by atoms with Gasteiger partial charge in [-0.2, -0.15) is 0 Å². The number of para-hydroxylation sites is 2. The lowest BCUT2D eigenvalue weighted by molar-refractivity contribution is -0.140. The van der Waals surface area contributed by atoms with E-state index < -0.39 is 18.1 Å². The van der Waals surface area contributed by atoms with Crippen LogP contribution in [-0.2, 0) is 9.53 Å². The standard InChI is InChI=1S/C25H23NO6/c1-30-22-12-6-7-13-23(22)31-15-21(24(27)28)26-25(29)32-14-20-18-10-4-2-8-16(18)17-9-3-5-11-19(17)20/h2-13,20-21H,14-15H2,1H3,(H,26,29)(H,27,28)/t21-/m1/s1. The molecule has 0 saturated carbocycles. The molecule has 0 saturated heterocycles. The van der Waals surface area contributed by atoms with Gasteiger partial charge in [0.2, 0.25) is 0 Å². The van der Waals surface area contributed by atoms with Crippen LogP contribution in [0.4, 0.5) is 4.79 Å². The molecule has 0 bridgehead atoms. The summed E-state index contributed by atoms with van der Waals surface area (Å²) in [7, 11) is 1.49. The molecule has 0 unspecified atom stereocenters. The van der Waals surface area contributed by atoms with Gasteiger partial charge in [-0.15, -0.1) is 0 Å². The van der Waals surface area contributed by atoms with Gasteiger partial charge in [-0.25, -0.2) is 9.59 Å². The van der Waals surface area contributed by atoms with Crippen molar-refractivity contribution < 1.29 is 28.9 Å². The fourth-order valence-electron chi connectivity index (χ4n) is 3.87. The van der Waals surface area contributed by atoms with Crippen LogP contribution < -0.4 is 14.8 Å². The fourth-order valence-corrected chi connectivity index (χ4v) is 3.87. The Morgan fingerprint density at radius 1 is 0.906 bits per heavy atom. The molecule has 0 fully saturated rings. The van der Waals surface area contributed by atoms with E-state index in [2.05, 4.69) is 5.32 Å². The highest BCUT2D eigenvalue weighted by Crippen LogP contribution is 2.44. The monoisotopic (exact) mass is 433 g/mol. The van der Waals surface area contributed by atoms with E-state index in [1.165, 1.54) is 7.11 Å². The molecule has 7 heteroatoms. The van der Waals surface area contributed by atoms with E-state index >= 15 is 0 Å². The maximum Gasteiger partial charge on any atom is 0.407 e. The molecule has 1 aliphatic carbocycles. The first-order valence-electron chi connectivity index (χ1n) is 10.2. The van der Waals surface area contributed by atoms with Crippen molar-refractivity contribution in [3.63, 3.8) is 0 Å². The summed E-state index contributed by atoms with van der Waals surface area (Å²) in [6, 6.07) is 21.6. The predicted molar refractivity (Wildman–Crippen MR) is 118 cm³/mol. The molecule has 0 radical (unpaired) electrons. The van der Waals surface area contributed by atoms with Gasteiger partial charge in [0.1, 0.15) is 13.2 Å². The van der Waals surface area contributed by atoms with Crippen LogP contribution >= 0.6 is 0 Å². The maximum atomic E-state index is 12.4. The highest BCUT2D eigenvalue weighted by atomic mass is 16.6. The number of carboxylic acid groups (broad SMARTS) is 1. The van der Waals surface area contributed by atoms with Gasteiger partial charge < -0.3 is 24.6 Å². The average Bonchev–Trinajstić information content (AvgIpc) is 3.14. The number of fused-ring (bicyclic) bond motifs is 3. The summed E-state index contributed by atoms with van der Waals surface area (Å²) in [5.74, 6) is -0.483. The SMILES string of the molecule is COc1ccccc1OC[C@@H](NC(=O)OCC1c2ccccc2-c2ccccc21)C(=O)O. The summed E-state index contributed by atoms with van der Waals surface area (Å²) >= 11 is 0. The number of alkyl carbamates (subject to hydrolysis) is 1. The largest absolute Gasteiger partial charge is 0.493 e. The van der Waals surface area contributed by atoms with E-state index in [0.29, 0.717) is 11.5 Å². The second-order valence-corrected chi connectivity index (χ2v) is 7.32. The molecule has 0 heterocycles. The molecule has 0 aliphatic heterocycles. The Bertz CT molecular complexity index is 1080. The molecule has 3 aromatic carbocycles. The van der Waals surface area contributed by atoms with E-state index in [9.17, 15) is 14.7 Å². The number of carbonyl (C=O) groups excluding carboxylic acids is 1. The lowest BCUT2D eigenvalue weighted by atomic mass is 9.98. The van der Waals surface area contributed by atoms with Gasteiger partial charge in [-0.1, -0.05) is 60.7 Å². The molecule has 2 N–H and O–H groups in total. The van der Waals surface area contributed by atoms with Crippen molar-refractivity contribution in [3.8, 4) is 22.6 Å². The first-order valence-corrected chi connectivity index (χ1v) is 10.2. The molecule has 32 heavy (non-hydrogen) atoms. The highest BCUT2D eigenvalue weighted by molar-refractivity contribution is 5.81. The van der Waals surface area contributed by atoms with E-state index in [1.54, 1.807) is 24.3 Å². The Morgan fingerprint density at radius 2 is 1.47 bits per heavy atom. The van der Waals surface area contributed by atoms with Gasteiger partial charge >= 0.3 is 12.1 Å². The van der Waals surface area contributed by atoms with Crippen LogP contribution in [0.1, 0.15) is 17.0 Å². The van der Waals surface area contributed by atoms with Crippen LogP contribution in [0.15, 0.2) is 72.8 Å². The molecular weight excluding hydrogens is 410 g/mol. The normalized spacial score (nSPS) is 12.9. The first-order chi connectivity index (χ1) is 15.6. The number of aliphatic carboxylic acids is 1. The summed E-state index contributed by atoms with van der Waals surface area (Å²) in [6.45, 7) is -0.181. The third kappa shape index (κ3) is 4.37. The number of rotatable bonds is 8. The van der Waals surface area contributed by atoms with Crippen molar-refractivity contribution in [1.82, 2.24) is 5.32 Å². The topological polar surface area (TPSA) is 94.1 Å². The minimum atomic E-state index is -1.28. The summed E-state index contributed by atoms with van der Waals surface area (Å²) in [4.78, 5) is 24.0. The highest BCUT2D eigenvalue weighted by Gasteiger charge is 2.30. The zero-order chi connectivity index (χ0) is 22.5. The summed E-state index contributed by atoms with van der Waals surface area (Å²) < 4.78 is 16.2. The zero-order valence-electron chi connectivity index (χ0n) is 17.5.